The van der Waals surface area contributed by atoms with Crippen molar-refractivity contribution in [2.24, 2.45) is 5.10 Å². The fourth-order valence-corrected chi connectivity index (χ4v) is 3.44. The van der Waals surface area contributed by atoms with Crippen molar-refractivity contribution in [1.29, 1.82) is 0 Å². The van der Waals surface area contributed by atoms with Gasteiger partial charge in [-0.1, -0.05) is 24.3 Å². The van der Waals surface area contributed by atoms with Gasteiger partial charge in [-0.2, -0.15) is 10.1 Å². The molecule has 0 N–H and O–H groups in total. The van der Waals surface area contributed by atoms with Gasteiger partial charge < -0.3 is 9.64 Å². The Labute approximate surface area is 167 Å². The standard InChI is InChI=1S/C21H20N4O4/c1-15-18(21(26)24(22-15)17-5-3-2-4-6-17)13-16-7-8-19(20(14-16)25(27)28)23-9-11-29-12-10-23/h2-8,13-14H,9-12H2,1H3/b18-13+. The van der Waals surface area contributed by atoms with E-state index >= 15 is 0 Å². The summed E-state index contributed by atoms with van der Waals surface area (Å²) in [7, 11) is 0. The third kappa shape index (κ3) is 3.74. The van der Waals surface area contributed by atoms with Gasteiger partial charge in [-0.25, -0.2) is 0 Å². The minimum Gasteiger partial charge on any atom is -0.378 e. The van der Waals surface area contributed by atoms with Gasteiger partial charge in [0.1, 0.15) is 5.69 Å². The van der Waals surface area contributed by atoms with Crippen molar-refractivity contribution in [3.8, 4) is 0 Å². The maximum absolute atomic E-state index is 12.8. The van der Waals surface area contributed by atoms with Crippen LogP contribution in [0.4, 0.5) is 17.1 Å². The Bertz CT molecular complexity index is 1010. The maximum Gasteiger partial charge on any atom is 0.293 e. The van der Waals surface area contributed by atoms with E-state index < -0.39 is 0 Å². The second kappa shape index (κ2) is 7.84. The van der Waals surface area contributed by atoms with Gasteiger partial charge in [0.25, 0.3) is 11.6 Å². The lowest BCUT2D eigenvalue weighted by atomic mass is 10.1. The van der Waals surface area contributed by atoms with Crippen molar-refractivity contribution in [3.05, 3.63) is 69.8 Å². The summed E-state index contributed by atoms with van der Waals surface area (Å²) in [6.07, 6.45) is 1.65. The maximum atomic E-state index is 12.8. The highest BCUT2D eigenvalue weighted by Crippen LogP contribution is 2.31. The van der Waals surface area contributed by atoms with Crippen molar-refractivity contribution in [2.45, 2.75) is 6.92 Å². The molecular weight excluding hydrogens is 372 g/mol. The molecule has 4 rings (SSSR count). The van der Waals surface area contributed by atoms with E-state index in [1.165, 1.54) is 11.1 Å². The second-order valence-electron chi connectivity index (χ2n) is 6.80. The van der Waals surface area contributed by atoms with Crippen molar-refractivity contribution in [1.82, 2.24) is 0 Å². The minimum absolute atomic E-state index is 0.0150. The molecule has 8 nitrogen and oxygen atoms in total. The number of amides is 1. The monoisotopic (exact) mass is 392 g/mol. The molecule has 2 heterocycles. The van der Waals surface area contributed by atoms with Crippen molar-refractivity contribution in [2.75, 3.05) is 36.2 Å². The van der Waals surface area contributed by atoms with Crippen LogP contribution in [0.3, 0.4) is 0 Å². The van der Waals surface area contributed by atoms with Crippen LogP contribution in [0.25, 0.3) is 6.08 Å². The first-order chi connectivity index (χ1) is 14.0. The van der Waals surface area contributed by atoms with Crippen LogP contribution < -0.4 is 9.91 Å². The largest absolute Gasteiger partial charge is 0.378 e. The first-order valence-corrected chi connectivity index (χ1v) is 9.32. The number of hydrogen-bond acceptors (Lipinski definition) is 6. The van der Waals surface area contributed by atoms with Gasteiger partial charge >= 0.3 is 0 Å². The lowest BCUT2D eigenvalue weighted by Crippen LogP contribution is -2.36. The van der Waals surface area contributed by atoms with E-state index in [2.05, 4.69) is 5.10 Å². The molecule has 0 atom stereocenters. The number of hydrogen-bond donors (Lipinski definition) is 0. The molecule has 0 bridgehead atoms. The molecule has 2 aromatic rings. The number of nitro groups is 1. The lowest BCUT2D eigenvalue weighted by molar-refractivity contribution is -0.384. The summed E-state index contributed by atoms with van der Waals surface area (Å²) in [6.45, 7) is 4.06. The number of nitrogens with zero attached hydrogens (tertiary/aromatic N) is 4. The SMILES string of the molecule is CC1=NN(c2ccccc2)C(=O)/C1=C/c1ccc(N2CCOCC2)c([N+](=O)[O-])c1. The van der Waals surface area contributed by atoms with Crippen molar-refractivity contribution < 1.29 is 14.5 Å². The highest BCUT2D eigenvalue weighted by Gasteiger charge is 2.29. The van der Waals surface area contributed by atoms with Crippen LogP contribution in [-0.4, -0.2) is 42.8 Å². The van der Waals surface area contributed by atoms with Crippen LogP contribution in [0.5, 0.6) is 0 Å². The van der Waals surface area contributed by atoms with Gasteiger partial charge in [-0.05, 0) is 36.8 Å². The summed E-state index contributed by atoms with van der Waals surface area (Å²) < 4.78 is 5.33. The summed E-state index contributed by atoms with van der Waals surface area (Å²) in [5.74, 6) is -0.256. The fourth-order valence-electron chi connectivity index (χ4n) is 3.44. The number of rotatable bonds is 4. The number of carbonyl (C=O) groups excluding carboxylic acids is 1. The summed E-state index contributed by atoms with van der Waals surface area (Å²) >= 11 is 0. The summed E-state index contributed by atoms with van der Waals surface area (Å²) in [5, 5.41) is 17.3. The molecule has 0 aromatic heterocycles. The molecule has 0 unspecified atom stereocenters. The molecule has 2 aromatic carbocycles. The Hall–Kier alpha value is -3.52. The minimum atomic E-state index is -0.388. The summed E-state index contributed by atoms with van der Waals surface area (Å²) in [6, 6.07) is 14.2. The zero-order valence-corrected chi connectivity index (χ0v) is 15.9. The number of carbonyl (C=O) groups is 1. The Morgan fingerprint density at radius 3 is 2.55 bits per heavy atom. The molecule has 0 radical (unpaired) electrons. The van der Waals surface area contributed by atoms with Gasteiger partial charge in [-0.15, -0.1) is 0 Å². The Balaban J connectivity index is 1.66. The van der Waals surface area contributed by atoms with Gasteiger partial charge in [0.15, 0.2) is 0 Å². The van der Waals surface area contributed by atoms with E-state index in [4.69, 9.17) is 4.74 Å². The molecule has 0 saturated carbocycles. The quantitative estimate of drug-likeness (QED) is 0.453. The number of nitro benzene ring substituents is 1. The van der Waals surface area contributed by atoms with Gasteiger partial charge in [0.05, 0.1) is 35.1 Å². The predicted molar refractivity (Wildman–Crippen MR) is 111 cm³/mol. The second-order valence-corrected chi connectivity index (χ2v) is 6.80. The van der Waals surface area contributed by atoms with Crippen LogP contribution in [0.2, 0.25) is 0 Å². The van der Waals surface area contributed by atoms with E-state index in [0.29, 0.717) is 54.5 Å². The molecule has 29 heavy (non-hydrogen) atoms. The normalized spacial score (nSPS) is 18.3. The third-order valence-corrected chi connectivity index (χ3v) is 4.92. The first kappa shape index (κ1) is 18.8. The Morgan fingerprint density at radius 1 is 1.14 bits per heavy atom. The Morgan fingerprint density at radius 2 is 1.86 bits per heavy atom. The first-order valence-electron chi connectivity index (χ1n) is 9.32. The molecule has 1 fully saturated rings. The van der Waals surface area contributed by atoms with Crippen molar-refractivity contribution in [3.63, 3.8) is 0 Å². The molecule has 8 heteroatoms. The van der Waals surface area contributed by atoms with Crippen LogP contribution in [0.1, 0.15) is 12.5 Å². The number of para-hydroxylation sites is 1. The van der Waals surface area contributed by atoms with Crippen LogP contribution in [-0.2, 0) is 9.53 Å². The van der Waals surface area contributed by atoms with Crippen LogP contribution >= 0.6 is 0 Å². The van der Waals surface area contributed by atoms with Gasteiger partial charge in [0.2, 0.25) is 0 Å². The molecule has 2 aliphatic heterocycles. The molecule has 0 spiro atoms. The third-order valence-electron chi connectivity index (χ3n) is 4.92. The van der Waals surface area contributed by atoms with E-state index in [1.807, 2.05) is 23.1 Å². The smallest absolute Gasteiger partial charge is 0.293 e. The van der Waals surface area contributed by atoms with E-state index in [-0.39, 0.29) is 16.5 Å². The average molecular weight is 392 g/mol. The molecule has 1 amide bonds. The molecule has 0 aliphatic carbocycles. The number of morpholine rings is 1. The van der Waals surface area contributed by atoms with Gasteiger partial charge in [0, 0.05) is 19.2 Å². The summed E-state index contributed by atoms with van der Waals surface area (Å²) in [5.41, 5.74) is 2.83. The molecule has 2 aliphatic rings. The molecule has 148 valence electrons. The van der Waals surface area contributed by atoms with Crippen LogP contribution in [0, 0.1) is 10.1 Å². The highest BCUT2D eigenvalue weighted by atomic mass is 16.6. The predicted octanol–water partition coefficient (Wildman–Crippen LogP) is 3.24. The Kier molecular flexibility index (Phi) is 5.09. The van der Waals surface area contributed by atoms with E-state index in [1.54, 1.807) is 37.3 Å². The lowest BCUT2D eigenvalue weighted by Gasteiger charge is -2.28. The zero-order chi connectivity index (χ0) is 20.4. The summed E-state index contributed by atoms with van der Waals surface area (Å²) in [4.78, 5) is 26.0. The van der Waals surface area contributed by atoms with Crippen LogP contribution in [0.15, 0.2) is 59.2 Å². The number of anilines is 2. The zero-order valence-electron chi connectivity index (χ0n) is 15.9. The van der Waals surface area contributed by atoms with E-state index in [9.17, 15) is 14.9 Å². The molecular formula is C21H20N4O4. The number of benzene rings is 2. The number of hydrazone groups is 1. The average Bonchev–Trinajstić information content (AvgIpc) is 3.03. The fraction of sp³-hybridized carbons (Fsp3) is 0.238. The topological polar surface area (TPSA) is 88.3 Å². The highest BCUT2D eigenvalue weighted by molar-refractivity contribution is 6.32. The van der Waals surface area contributed by atoms with Crippen molar-refractivity contribution >= 4 is 34.8 Å². The molecule has 1 saturated heterocycles. The van der Waals surface area contributed by atoms with E-state index in [0.717, 1.165) is 0 Å². The number of ether oxygens (including phenoxy) is 1. The van der Waals surface area contributed by atoms with Gasteiger partial charge in [-0.3, -0.25) is 14.9 Å².